The van der Waals surface area contributed by atoms with Crippen LogP contribution in [-0.4, -0.2) is 35.1 Å². The van der Waals surface area contributed by atoms with Gasteiger partial charge in [-0.1, -0.05) is 13.8 Å². The summed E-state index contributed by atoms with van der Waals surface area (Å²) in [4.78, 5) is 8.83. The Balaban J connectivity index is 2.56. The molecule has 18 heavy (non-hydrogen) atoms. The number of aromatic nitrogens is 2. The third kappa shape index (κ3) is 5.58. The van der Waals surface area contributed by atoms with Gasteiger partial charge in [-0.15, -0.1) is 0 Å². The molecule has 0 amide bonds. The number of hydrogen-bond acceptors (Lipinski definition) is 5. The highest BCUT2D eigenvalue weighted by atomic mass is 32.2. The Morgan fingerprint density at radius 1 is 1.33 bits per heavy atom. The van der Waals surface area contributed by atoms with E-state index in [4.69, 9.17) is 0 Å². The normalized spacial score (nSPS) is 12.2. The van der Waals surface area contributed by atoms with E-state index < -0.39 is 0 Å². The minimum Gasteiger partial charge on any atom is -0.370 e. The lowest BCUT2D eigenvalue weighted by atomic mass is 10.2. The maximum atomic E-state index is 4.46. The average molecular weight is 268 g/mol. The van der Waals surface area contributed by atoms with Crippen molar-refractivity contribution in [3.8, 4) is 0 Å². The molecule has 0 bridgehead atoms. The highest BCUT2D eigenvalue weighted by Crippen LogP contribution is 2.11. The predicted octanol–water partition coefficient (Wildman–Crippen LogP) is 3.02. The summed E-state index contributed by atoms with van der Waals surface area (Å²) in [6.07, 6.45) is 3.21. The molecule has 1 aromatic heterocycles. The summed E-state index contributed by atoms with van der Waals surface area (Å²) in [5.41, 5.74) is 0.989. The van der Waals surface area contributed by atoms with Crippen molar-refractivity contribution < 1.29 is 0 Å². The van der Waals surface area contributed by atoms with Gasteiger partial charge in [0.1, 0.15) is 5.82 Å². The monoisotopic (exact) mass is 268 g/mol. The molecule has 1 unspecified atom stereocenters. The fourth-order valence-electron chi connectivity index (χ4n) is 1.60. The Kier molecular flexibility index (Phi) is 6.86. The first-order chi connectivity index (χ1) is 8.65. The van der Waals surface area contributed by atoms with Gasteiger partial charge in [-0.3, -0.25) is 0 Å². The average Bonchev–Trinajstić information content (AvgIpc) is 2.34. The quantitative estimate of drug-likeness (QED) is 0.759. The zero-order valence-electron chi connectivity index (χ0n) is 11.8. The summed E-state index contributed by atoms with van der Waals surface area (Å²) in [6, 6.07) is 1.99. The number of nitrogens with one attached hydrogen (secondary N) is 2. The lowest BCUT2D eigenvalue weighted by molar-refractivity contribution is 0.699. The molecule has 102 valence electrons. The molecule has 1 heterocycles. The molecule has 0 saturated heterocycles. The summed E-state index contributed by atoms with van der Waals surface area (Å²) in [7, 11) is 0. The van der Waals surface area contributed by atoms with Gasteiger partial charge in [-0.25, -0.2) is 4.98 Å². The SMILES string of the molecule is CCCNc1nc(C)cc(NCC(C)CSC)n1. The third-order valence-corrected chi connectivity index (χ3v) is 3.37. The Morgan fingerprint density at radius 2 is 2.11 bits per heavy atom. The Hall–Kier alpha value is -0.970. The van der Waals surface area contributed by atoms with Gasteiger partial charge < -0.3 is 10.6 Å². The standard InChI is InChI=1S/C13H24N4S/c1-5-6-14-13-16-11(3)7-12(17-13)15-8-10(2)9-18-4/h7,10H,5-6,8-9H2,1-4H3,(H2,14,15,16,17). The summed E-state index contributed by atoms with van der Waals surface area (Å²) >= 11 is 1.88. The summed E-state index contributed by atoms with van der Waals surface area (Å²) < 4.78 is 0. The van der Waals surface area contributed by atoms with Crippen molar-refractivity contribution in [3.05, 3.63) is 11.8 Å². The van der Waals surface area contributed by atoms with Crippen LogP contribution in [0.5, 0.6) is 0 Å². The van der Waals surface area contributed by atoms with Crippen LogP contribution in [0.1, 0.15) is 26.0 Å². The first-order valence-electron chi connectivity index (χ1n) is 6.48. The fraction of sp³-hybridized carbons (Fsp3) is 0.692. The van der Waals surface area contributed by atoms with E-state index in [1.54, 1.807) is 0 Å². The molecule has 0 aliphatic carbocycles. The van der Waals surface area contributed by atoms with Crippen LogP contribution in [0, 0.1) is 12.8 Å². The number of aryl methyl sites for hydroxylation is 1. The largest absolute Gasteiger partial charge is 0.370 e. The lowest BCUT2D eigenvalue weighted by Crippen LogP contribution is -2.15. The van der Waals surface area contributed by atoms with Crippen LogP contribution in [0.3, 0.4) is 0 Å². The maximum Gasteiger partial charge on any atom is 0.224 e. The van der Waals surface area contributed by atoms with E-state index in [-0.39, 0.29) is 0 Å². The highest BCUT2D eigenvalue weighted by Gasteiger charge is 2.04. The second kappa shape index (κ2) is 8.19. The van der Waals surface area contributed by atoms with Gasteiger partial charge in [0.15, 0.2) is 0 Å². The van der Waals surface area contributed by atoms with E-state index in [9.17, 15) is 0 Å². The van der Waals surface area contributed by atoms with Gasteiger partial charge in [-0.2, -0.15) is 16.7 Å². The van der Waals surface area contributed by atoms with Crippen molar-refractivity contribution in [1.82, 2.24) is 9.97 Å². The van der Waals surface area contributed by atoms with Gasteiger partial charge in [0.25, 0.3) is 0 Å². The van der Waals surface area contributed by atoms with Crippen LogP contribution in [0.4, 0.5) is 11.8 Å². The van der Waals surface area contributed by atoms with Crippen molar-refractivity contribution in [3.63, 3.8) is 0 Å². The Morgan fingerprint density at radius 3 is 2.78 bits per heavy atom. The number of hydrogen-bond donors (Lipinski definition) is 2. The van der Waals surface area contributed by atoms with E-state index in [1.807, 2.05) is 24.8 Å². The Bertz CT molecular complexity index is 357. The van der Waals surface area contributed by atoms with E-state index in [0.717, 1.165) is 42.7 Å². The van der Waals surface area contributed by atoms with Gasteiger partial charge in [0, 0.05) is 24.8 Å². The maximum absolute atomic E-state index is 4.46. The molecule has 0 radical (unpaired) electrons. The minimum absolute atomic E-state index is 0.641. The highest BCUT2D eigenvalue weighted by molar-refractivity contribution is 7.98. The van der Waals surface area contributed by atoms with Crippen molar-refractivity contribution in [2.45, 2.75) is 27.2 Å². The second-order valence-corrected chi connectivity index (χ2v) is 5.50. The molecular weight excluding hydrogens is 244 g/mol. The second-order valence-electron chi connectivity index (χ2n) is 4.59. The number of nitrogens with zero attached hydrogens (tertiary/aromatic N) is 2. The molecule has 0 spiro atoms. The van der Waals surface area contributed by atoms with E-state index in [0.29, 0.717) is 5.92 Å². The first kappa shape index (κ1) is 15.1. The molecule has 1 atom stereocenters. The van der Waals surface area contributed by atoms with Crippen molar-refractivity contribution in [1.29, 1.82) is 0 Å². The molecule has 1 rings (SSSR count). The summed E-state index contributed by atoms with van der Waals surface area (Å²) in [5, 5.41) is 6.60. The number of rotatable bonds is 8. The van der Waals surface area contributed by atoms with Crippen LogP contribution in [0.25, 0.3) is 0 Å². The number of thioether (sulfide) groups is 1. The fourth-order valence-corrected chi connectivity index (χ4v) is 2.28. The van der Waals surface area contributed by atoms with Gasteiger partial charge >= 0.3 is 0 Å². The van der Waals surface area contributed by atoms with Crippen molar-refractivity contribution in [2.24, 2.45) is 5.92 Å². The van der Waals surface area contributed by atoms with Crippen LogP contribution in [0.15, 0.2) is 6.07 Å². The summed E-state index contributed by atoms with van der Waals surface area (Å²) in [6.45, 7) is 8.23. The topological polar surface area (TPSA) is 49.8 Å². The van der Waals surface area contributed by atoms with E-state index >= 15 is 0 Å². The van der Waals surface area contributed by atoms with Crippen LogP contribution in [0.2, 0.25) is 0 Å². The number of anilines is 2. The molecule has 0 aliphatic rings. The van der Waals surface area contributed by atoms with Crippen molar-refractivity contribution in [2.75, 3.05) is 35.7 Å². The van der Waals surface area contributed by atoms with Crippen LogP contribution in [-0.2, 0) is 0 Å². The zero-order valence-corrected chi connectivity index (χ0v) is 12.6. The summed E-state index contributed by atoms with van der Waals surface area (Å²) in [5.74, 6) is 3.44. The van der Waals surface area contributed by atoms with E-state index in [1.165, 1.54) is 0 Å². The van der Waals surface area contributed by atoms with Gasteiger partial charge in [0.05, 0.1) is 0 Å². The molecule has 0 aromatic carbocycles. The lowest BCUT2D eigenvalue weighted by Gasteiger charge is -2.13. The molecule has 5 heteroatoms. The minimum atomic E-state index is 0.641. The third-order valence-electron chi connectivity index (χ3n) is 2.47. The van der Waals surface area contributed by atoms with Crippen LogP contribution < -0.4 is 10.6 Å². The smallest absolute Gasteiger partial charge is 0.224 e. The predicted molar refractivity (Wildman–Crippen MR) is 81.6 cm³/mol. The molecular formula is C13H24N4S. The first-order valence-corrected chi connectivity index (χ1v) is 7.87. The molecule has 4 nitrogen and oxygen atoms in total. The Labute approximate surface area is 114 Å². The van der Waals surface area contributed by atoms with E-state index in [2.05, 4.69) is 40.7 Å². The molecule has 0 fully saturated rings. The van der Waals surface area contributed by atoms with Crippen LogP contribution >= 0.6 is 11.8 Å². The molecule has 0 saturated carbocycles. The molecule has 1 aromatic rings. The molecule has 0 aliphatic heterocycles. The zero-order chi connectivity index (χ0) is 13.4. The van der Waals surface area contributed by atoms with Gasteiger partial charge in [0.2, 0.25) is 5.95 Å². The van der Waals surface area contributed by atoms with Crippen molar-refractivity contribution >= 4 is 23.5 Å². The molecule has 2 N–H and O–H groups in total. The van der Waals surface area contributed by atoms with Gasteiger partial charge in [-0.05, 0) is 31.3 Å².